The Balaban J connectivity index is 2.28. The number of ether oxygens (including phenoxy) is 1. The van der Waals surface area contributed by atoms with Gasteiger partial charge in [0.05, 0.1) is 6.61 Å². The summed E-state index contributed by atoms with van der Waals surface area (Å²) in [6.07, 6.45) is 1.59. The highest BCUT2D eigenvalue weighted by Gasteiger charge is 2.23. The van der Waals surface area contributed by atoms with E-state index in [4.69, 9.17) is 14.7 Å². The van der Waals surface area contributed by atoms with Crippen molar-refractivity contribution in [2.75, 3.05) is 6.61 Å². The summed E-state index contributed by atoms with van der Waals surface area (Å²) < 4.78 is 11.2. The van der Waals surface area contributed by atoms with Crippen LogP contribution in [0, 0.1) is 5.41 Å². The molecule has 0 amide bonds. The van der Waals surface area contributed by atoms with Crippen LogP contribution in [0.5, 0.6) is 0 Å². The monoisotopic (exact) mass is 261 g/mol. The van der Waals surface area contributed by atoms with Crippen molar-refractivity contribution in [2.45, 2.75) is 19.4 Å². The number of esters is 1. The molecular weight excluding hydrogens is 246 g/mol. The molecule has 0 fully saturated rings. The topological polar surface area (TPSA) is 81.3 Å². The normalized spacial score (nSPS) is 12.1. The average Bonchev–Trinajstić information content (AvgIpc) is 2.84. The predicted octanol–water partition coefficient (Wildman–Crippen LogP) is 0.546. The van der Waals surface area contributed by atoms with E-state index in [1.807, 2.05) is 30.3 Å². The number of rotatable bonds is 5. The minimum Gasteiger partial charge on any atom is -0.487 e. The lowest BCUT2D eigenvalue weighted by Crippen LogP contribution is -2.44. The Bertz CT molecular complexity index is 588. The van der Waals surface area contributed by atoms with Gasteiger partial charge in [-0.2, -0.15) is 0 Å². The quantitative estimate of drug-likeness (QED) is 0.629. The Morgan fingerprint density at radius 3 is 2.79 bits per heavy atom. The maximum atomic E-state index is 11.7. The fourth-order valence-corrected chi connectivity index (χ4v) is 1.82. The van der Waals surface area contributed by atoms with Gasteiger partial charge < -0.3 is 9.26 Å². The lowest BCUT2D eigenvalue weighted by Gasteiger charge is -2.13. The van der Waals surface area contributed by atoms with E-state index in [0.29, 0.717) is 6.61 Å². The van der Waals surface area contributed by atoms with E-state index in [0.717, 1.165) is 5.56 Å². The van der Waals surface area contributed by atoms with Crippen molar-refractivity contribution in [3.05, 3.63) is 47.6 Å². The second-order valence-electron chi connectivity index (χ2n) is 3.98. The average molecular weight is 261 g/mol. The fourth-order valence-electron chi connectivity index (χ4n) is 1.82. The highest BCUT2D eigenvalue weighted by molar-refractivity contribution is 5.70. The van der Waals surface area contributed by atoms with Crippen LogP contribution in [0.25, 0.3) is 0 Å². The third-order valence-electron chi connectivity index (χ3n) is 2.65. The van der Waals surface area contributed by atoms with Crippen molar-refractivity contribution in [1.29, 1.82) is 5.41 Å². The van der Waals surface area contributed by atoms with Gasteiger partial charge in [0.25, 0.3) is 5.55 Å². The minimum absolute atomic E-state index is 0.0511. The largest absolute Gasteiger partial charge is 0.487 e. The molecule has 100 valence electrons. The zero-order valence-corrected chi connectivity index (χ0v) is 10.6. The number of hydrogen-bond donors (Lipinski definition) is 1. The van der Waals surface area contributed by atoms with Gasteiger partial charge in [-0.25, -0.2) is 4.68 Å². The molecule has 2 aromatic rings. The van der Waals surface area contributed by atoms with Crippen molar-refractivity contribution in [3.63, 3.8) is 0 Å². The second-order valence-corrected chi connectivity index (χ2v) is 3.98. The van der Waals surface area contributed by atoms with Gasteiger partial charge in [0, 0.05) is 5.56 Å². The van der Waals surface area contributed by atoms with Crippen molar-refractivity contribution in [2.24, 2.45) is 0 Å². The molecule has 0 spiro atoms. The molecule has 1 aromatic carbocycles. The fraction of sp³-hybridized carbons (Fsp3) is 0.308. The number of nitrogens with zero attached hydrogens (tertiary/aromatic N) is 2. The Morgan fingerprint density at radius 1 is 1.47 bits per heavy atom. The number of carbonyl (C=O) groups excluding carboxylic acids is 1. The summed E-state index contributed by atoms with van der Waals surface area (Å²) in [7, 11) is 0. The molecule has 0 saturated heterocycles. The van der Waals surface area contributed by atoms with Crippen LogP contribution in [0.2, 0.25) is 0 Å². The van der Waals surface area contributed by atoms with E-state index >= 15 is 0 Å². The lowest BCUT2D eigenvalue weighted by molar-refractivity contribution is -0.781. The maximum Gasteiger partial charge on any atom is 0.312 e. The van der Waals surface area contributed by atoms with Crippen LogP contribution in [-0.4, -0.2) is 12.6 Å². The SMILES string of the molecule is CCOC(=O)CC(c1ccccc1)[n+]1cc(=N)o[n-]1. The van der Waals surface area contributed by atoms with Crippen molar-refractivity contribution in [1.82, 2.24) is 5.27 Å². The summed E-state index contributed by atoms with van der Waals surface area (Å²) in [5.74, 6) is -0.307. The van der Waals surface area contributed by atoms with Crippen LogP contribution in [0.1, 0.15) is 24.9 Å². The molecule has 0 bridgehead atoms. The third kappa shape index (κ3) is 3.31. The Labute approximate surface area is 110 Å². The molecule has 0 aliphatic heterocycles. The molecule has 1 N–H and O–H groups in total. The Kier molecular flexibility index (Phi) is 4.12. The second kappa shape index (κ2) is 5.99. The summed E-state index contributed by atoms with van der Waals surface area (Å²) in [6.45, 7) is 2.11. The molecule has 2 rings (SSSR count). The Hall–Kier alpha value is -2.37. The van der Waals surface area contributed by atoms with E-state index in [9.17, 15) is 4.79 Å². The van der Waals surface area contributed by atoms with E-state index in [1.54, 1.807) is 6.92 Å². The van der Waals surface area contributed by atoms with E-state index < -0.39 is 0 Å². The first-order valence-corrected chi connectivity index (χ1v) is 6.01. The number of hydrogen-bond acceptors (Lipinski definition) is 4. The van der Waals surface area contributed by atoms with Gasteiger partial charge in [0.15, 0.2) is 6.04 Å². The van der Waals surface area contributed by atoms with Crippen LogP contribution >= 0.6 is 0 Å². The molecule has 0 aliphatic carbocycles. The van der Waals surface area contributed by atoms with Crippen LogP contribution < -0.4 is 15.5 Å². The maximum absolute atomic E-state index is 11.7. The summed E-state index contributed by atoms with van der Waals surface area (Å²) in [5.41, 5.74) is 0.860. The van der Waals surface area contributed by atoms with Gasteiger partial charge in [-0.05, 0) is 6.92 Å². The summed E-state index contributed by atoms with van der Waals surface area (Å²) in [4.78, 5) is 11.7. The highest BCUT2D eigenvalue weighted by Crippen LogP contribution is 2.15. The third-order valence-corrected chi connectivity index (χ3v) is 2.65. The van der Waals surface area contributed by atoms with Crippen LogP contribution in [0.3, 0.4) is 0 Å². The molecule has 1 aromatic heterocycles. The summed E-state index contributed by atoms with van der Waals surface area (Å²) in [5, 5.41) is 11.1. The van der Waals surface area contributed by atoms with Gasteiger partial charge in [-0.15, -0.1) is 0 Å². The number of nitrogens with one attached hydrogen (secondary N) is 1. The molecule has 6 nitrogen and oxygen atoms in total. The minimum atomic E-state index is -0.330. The Morgan fingerprint density at radius 2 is 2.21 bits per heavy atom. The highest BCUT2D eigenvalue weighted by atomic mass is 16.5. The van der Waals surface area contributed by atoms with E-state index in [2.05, 4.69) is 5.27 Å². The van der Waals surface area contributed by atoms with Gasteiger partial charge >= 0.3 is 5.97 Å². The zero-order chi connectivity index (χ0) is 13.7. The van der Waals surface area contributed by atoms with Gasteiger partial charge in [-0.1, -0.05) is 30.3 Å². The van der Waals surface area contributed by atoms with E-state index in [-0.39, 0.29) is 24.0 Å². The van der Waals surface area contributed by atoms with E-state index in [1.165, 1.54) is 10.9 Å². The first-order valence-electron chi connectivity index (χ1n) is 6.01. The van der Waals surface area contributed by atoms with Crippen LogP contribution in [0.15, 0.2) is 41.1 Å². The smallest absolute Gasteiger partial charge is 0.312 e. The van der Waals surface area contributed by atoms with Crippen molar-refractivity contribution < 1.29 is 18.7 Å². The van der Waals surface area contributed by atoms with Crippen LogP contribution in [-0.2, 0) is 9.53 Å². The molecule has 19 heavy (non-hydrogen) atoms. The zero-order valence-electron chi connectivity index (χ0n) is 10.6. The van der Waals surface area contributed by atoms with Crippen molar-refractivity contribution >= 4 is 5.97 Å². The van der Waals surface area contributed by atoms with Crippen LogP contribution in [0.4, 0.5) is 0 Å². The molecule has 1 heterocycles. The standard InChI is InChI=1S/C13H15N3O3/c1-2-18-13(17)8-11(10-6-4-3-5-7-10)16-9-12(14)19-15-16/h3-7,9,11,14H,2,8H2,1H3. The number of benzene rings is 1. The molecule has 0 radical (unpaired) electrons. The number of aromatic nitrogens is 2. The lowest BCUT2D eigenvalue weighted by atomic mass is 10.0. The molecule has 0 saturated carbocycles. The summed E-state index contributed by atoms with van der Waals surface area (Å²) >= 11 is 0. The molecule has 6 heteroatoms. The molecule has 1 unspecified atom stereocenters. The predicted molar refractivity (Wildman–Crippen MR) is 63.9 cm³/mol. The van der Waals surface area contributed by atoms with Gasteiger partial charge in [0.2, 0.25) is 6.20 Å². The van der Waals surface area contributed by atoms with Crippen molar-refractivity contribution in [3.8, 4) is 0 Å². The van der Waals surface area contributed by atoms with Gasteiger partial charge in [-0.3, -0.25) is 15.5 Å². The molecule has 0 aliphatic rings. The summed E-state index contributed by atoms with van der Waals surface area (Å²) in [6, 6.07) is 9.13. The molecular formula is C13H15N3O3. The van der Waals surface area contributed by atoms with Gasteiger partial charge in [0.1, 0.15) is 6.42 Å². The number of carbonyl (C=O) groups is 1. The molecule has 1 atom stereocenters. The first-order chi connectivity index (χ1) is 9.20. The first kappa shape index (κ1) is 13.1.